The number of hydrogen-bond acceptors (Lipinski definition) is 0. The Hall–Kier alpha value is -2.93. The molecule has 0 heterocycles. The molecule has 0 saturated carbocycles. The Morgan fingerprint density at radius 1 is 0.522 bits per heavy atom. The molecule has 1 heteroatoms. The van der Waals surface area contributed by atoms with Crippen LogP contribution < -0.4 is 0 Å². The van der Waals surface area contributed by atoms with Crippen molar-refractivity contribution >= 4 is 32.3 Å². The highest BCUT2D eigenvalue weighted by molar-refractivity contribution is 6.31. The fraction of sp³-hybridized carbons (Fsp3) is 0. The van der Waals surface area contributed by atoms with Crippen LogP contribution in [0.1, 0.15) is 0 Å². The van der Waals surface area contributed by atoms with Crippen LogP contribution in [0, 0.1) is 5.82 Å². The first kappa shape index (κ1) is 11.6. The van der Waals surface area contributed by atoms with E-state index < -0.39 is 0 Å². The topological polar surface area (TPSA) is 0 Å². The maximum Gasteiger partial charge on any atom is 0.131 e. The van der Waals surface area contributed by atoms with Crippen molar-refractivity contribution in [3.63, 3.8) is 0 Å². The number of hydrogen-bond donors (Lipinski definition) is 0. The van der Waals surface area contributed by atoms with Gasteiger partial charge in [0.05, 0.1) is 0 Å². The fourth-order valence-corrected chi connectivity index (χ4v) is 4.28. The fourth-order valence-electron chi connectivity index (χ4n) is 4.28. The molecule has 1 aliphatic rings. The summed E-state index contributed by atoms with van der Waals surface area (Å²) in [6.07, 6.45) is 0. The van der Waals surface area contributed by atoms with E-state index in [1.807, 2.05) is 18.2 Å². The van der Waals surface area contributed by atoms with Crippen LogP contribution in [0.15, 0.2) is 66.7 Å². The third kappa shape index (κ3) is 1.24. The zero-order valence-corrected chi connectivity index (χ0v) is 12.2. The van der Waals surface area contributed by atoms with Gasteiger partial charge in [-0.1, -0.05) is 54.6 Å². The van der Waals surface area contributed by atoms with Crippen LogP contribution in [0.2, 0.25) is 0 Å². The van der Waals surface area contributed by atoms with Crippen molar-refractivity contribution < 1.29 is 4.39 Å². The maximum absolute atomic E-state index is 14.8. The maximum atomic E-state index is 14.8. The second-order valence-corrected chi connectivity index (χ2v) is 6.32. The third-order valence-electron chi connectivity index (χ3n) is 5.20. The first-order valence-electron chi connectivity index (χ1n) is 7.83. The number of fused-ring (bicyclic) bond motifs is 3. The van der Waals surface area contributed by atoms with Crippen LogP contribution in [-0.4, -0.2) is 0 Å². The van der Waals surface area contributed by atoms with Crippen molar-refractivity contribution in [1.82, 2.24) is 0 Å². The molecule has 23 heavy (non-hydrogen) atoms. The van der Waals surface area contributed by atoms with E-state index in [0.29, 0.717) is 0 Å². The smallest absolute Gasteiger partial charge is 0.131 e. The molecular weight excluding hydrogens is 283 g/mol. The van der Waals surface area contributed by atoms with Crippen LogP contribution in [0.25, 0.3) is 54.6 Å². The van der Waals surface area contributed by atoms with Crippen molar-refractivity contribution in [2.75, 3.05) is 0 Å². The molecule has 5 aromatic rings. The zero-order valence-electron chi connectivity index (χ0n) is 12.2. The molecule has 0 nitrogen and oxygen atoms in total. The average molecular weight is 294 g/mol. The van der Waals surface area contributed by atoms with E-state index in [4.69, 9.17) is 0 Å². The lowest BCUT2D eigenvalue weighted by atomic mass is 9.90. The molecule has 106 valence electrons. The van der Waals surface area contributed by atoms with Gasteiger partial charge in [0.2, 0.25) is 0 Å². The molecule has 0 unspecified atom stereocenters. The van der Waals surface area contributed by atoms with E-state index >= 15 is 0 Å². The highest BCUT2D eigenvalue weighted by Gasteiger charge is 2.25. The van der Waals surface area contributed by atoms with Crippen molar-refractivity contribution in [2.45, 2.75) is 0 Å². The summed E-state index contributed by atoms with van der Waals surface area (Å²) < 4.78 is 14.8. The molecule has 0 fully saturated rings. The van der Waals surface area contributed by atoms with Crippen molar-refractivity contribution in [3.8, 4) is 22.3 Å². The van der Waals surface area contributed by atoms with E-state index in [1.54, 1.807) is 6.07 Å². The van der Waals surface area contributed by atoms with Gasteiger partial charge in [-0.15, -0.1) is 0 Å². The Kier molecular flexibility index (Phi) is 1.86. The van der Waals surface area contributed by atoms with Gasteiger partial charge in [-0.3, -0.25) is 0 Å². The summed E-state index contributed by atoms with van der Waals surface area (Å²) in [5.41, 5.74) is 4.60. The Labute approximate surface area is 132 Å². The summed E-state index contributed by atoms with van der Waals surface area (Å²) in [6, 6.07) is 22.5. The summed E-state index contributed by atoms with van der Waals surface area (Å²) in [6.45, 7) is 0. The van der Waals surface area contributed by atoms with Crippen molar-refractivity contribution in [2.24, 2.45) is 0 Å². The summed E-state index contributed by atoms with van der Waals surface area (Å²) in [4.78, 5) is 0. The first-order valence-corrected chi connectivity index (χ1v) is 7.83. The van der Waals surface area contributed by atoms with Crippen LogP contribution in [0.5, 0.6) is 0 Å². The molecule has 0 atom stereocenters. The van der Waals surface area contributed by atoms with Crippen LogP contribution in [0.4, 0.5) is 4.39 Å². The lowest BCUT2D eigenvalue weighted by Crippen LogP contribution is -1.88. The van der Waals surface area contributed by atoms with Gasteiger partial charge in [0.15, 0.2) is 0 Å². The monoisotopic (exact) mass is 294 g/mol. The molecule has 0 saturated heterocycles. The van der Waals surface area contributed by atoms with Crippen LogP contribution >= 0.6 is 0 Å². The molecule has 0 aliphatic heterocycles. The summed E-state index contributed by atoms with van der Waals surface area (Å²) in [5, 5.41) is 6.53. The van der Waals surface area contributed by atoms with Gasteiger partial charge in [-0.2, -0.15) is 0 Å². The van der Waals surface area contributed by atoms with Gasteiger partial charge < -0.3 is 0 Å². The van der Waals surface area contributed by atoms with E-state index in [2.05, 4.69) is 42.5 Å². The molecule has 6 rings (SSSR count). The molecule has 1 aliphatic carbocycles. The predicted octanol–water partition coefficient (Wildman–Crippen LogP) is 6.37. The second-order valence-electron chi connectivity index (χ2n) is 6.32. The standard InChI is InChI=1S/C22H11F/c23-19-11-18-15-7-2-1-6-14(15)17-10-13-5-3-4-12-8-9-16(19)22(20(12)13)21(17)18/h1-11H. The lowest BCUT2D eigenvalue weighted by molar-refractivity contribution is 0.641. The number of rotatable bonds is 0. The van der Waals surface area contributed by atoms with Crippen LogP contribution in [0.3, 0.4) is 0 Å². The quantitative estimate of drug-likeness (QED) is 0.285. The summed E-state index contributed by atoms with van der Waals surface area (Å²) in [7, 11) is 0. The largest absolute Gasteiger partial charge is 0.206 e. The van der Waals surface area contributed by atoms with Gasteiger partial charge in [0, 0.05) is 10.8 Å². The molecular formula is C22H11F. The Balaban J connectivity index is 2.04. The molecule has 0 N–H and O–H groups in total. The minimum atomic E-state index is -0.131. The minimum Gasteiger partial charge on any atom is -0.206 e. The Bertz CT molecular complexity index is 1260. The highest BCUT2D eigenvalue weighted by atomic mass is 19.1. The molecule has 0 aromatic heterocycles. The minimum absolute atomic E-state index is 0.131. The van der Waals surface area contributed by atoms with E-state index in [1.165, 1.54) is 32.7 Å². The molecule has 0 bridgehead atoms. The zero-order chi connectivity index (χ0) is 15.1. The van der Waals surface area contributed by atoms with Crippen LogP contribution in [-0.2, 0) is 0 Å². The molecule has 0 spiro atoms. The molecule has 0 radical (unpaired) electrons. The van der Waals surface area contributed by atoms with Gasteiger partial charge in [-0.05, 0) is 55.9 Å². The first-order chi connectivity index (χ1) is 11.3. The van der Waals surface area contributed by atoms with Gasteiger partial charge >= 0.3 is 0 Å². The predicted molar refractivity (Wildman–Crippen MR) is 94.5 cm³/mol. The number of halogens is 1. The Morgan fingerprint density at radius 2 is 1.26 bits per heavy atom. The van der Waals surface area contributed by atoms with E-state index in [0.717, 1.165) is 21.9 Å². The van der Waals surface area contributed by atoms with Crippen molar-refractivity contribution in [3.05, 3.63) is 72.5 Å². The third-order valence-corrected chi connectivity index (χ3v) is 5.20. The highest BCUT2D eigenvalue weighted by Crippen LogP contribution is 2.51. The summed E-state index contributed by atoms with van der Waals surface area (Å²) >= 11 is 0. The van der Waals surface area contributed by atoms with E-state index in [-0.39, 0.29) is 5.82 Å². The number of benzene rings is 5. The summed E-state index contributed by atoms with van der Waals surface area (Å²) in [5.74, 6) is -0.131. The van der Waals surface area contributed by atoms with E-state index in [9.17, 15) is 4.39 Å². The van der Waals surface area contributed by atoms with Gasteiger partial charge in [-0.25, -0.2) is 4.39 Å². The van der Waals surface area contributed by atoms with Crippen molar-refractivity contribution in [1.29, 1.82) is 0 Å². The lowest BCUT2D eigenvalue weighted by Gasteiger charge is -2.13. The molecule has 5 aromatic carbocycles. The van der Waals surface area contributed by atoms with Gasteiger partial charge in [0.25, 0.3) is 0 Å². The SMILES string of the molecule is Fc1cc2c3c(cc4cccc5ccc1c3c54)-c1ccccc1-2. The molecule has 0 amide bonds. The average Bonchev–Trinajstić information content (AvgIpc) is 2.90. The second kappa shape index (κ2) is 3.69. The normalized spacial score (nSPS) is 12.6. The Morgan fingerprint density at radius 3 is 2.09 bits per heavy atom. The van der Waals surface area contributed by atoms with Gasteiger partial charge in [0.1, 0.15) is 5.82 Å².